The standard InChI is InChI=1S/C28H20N4O8/c33-25-29-27(35)39-31(25)15-17-1-7-21(8-2-17)37-23-11-5-19-6-12-24(14-20(19)13-23)38-22-9-3-18(4-10-22)16-32-26(34)30-28(36)40-32/h1-14H,15-16H2,(H,29,33,35)(H,30,34,36). The van der Waals surface area contributed by atoms with Crippen LogP contribution in [0.1, 0.15) is 11.1 Å². The van der Waals surface area contributed by atoms with E-state index >= 15 is 0 Å². The molecule has 0 aliphatic heterocycles. The van der Waals surface area contributed by atoms with Crippen molar-refractivity contribution in [1.82, 2.24) is 19.4 Å². The minimum Gasteiger partial charge on any atom is -0.457 e. The molecule has 6 aromatic rings. The predicted molar refractivity (Wildman–Crippen MR) is 142 cm³/mol. The van der Waals surface area contributed by atoms with E-state index in [9.17, 15) is 19.2 Å². The van der Waals surface area contributed by atoms with Gasteiger partial charge in [0.1, 0.15) is 23.0 Å². The minimum atomic E-state index is -0.799. The van der Waals surface area contributed by atoms with E-state index in [0.717, 1.165) is 31.4 Å². The molecule has 0 amide bonds. The normalized spacial score (nSPS) is 11.1. The highest BCUT2D eigenvalue weighted by molar-refractivity contribution is 5.85. The van der Waals surface area contributed by atoms with Gasteiger partial charge in [0.15, 0.2) is 0 Å². The van der Waals surface area contributed by atoms with Crippen molar-refractivity contribution in [2.24, 2.45) is 0 Å². The van der Waals surface area contributed by atoms with Crippen LogP contribution in [0.3, 0.4) is 0 Å². The highest BCUT2D eigenvalue weighted by Crippen LogP contribution is 2.30. The Morgan fingerprint density at radius 3 is 1.30 bits per heavy atom. The summed E-state index contributed by atoms with van der Waals surface area (Å²) in [6, 6.07) is 25.6. The number of hydrogen-bond donors (Lipinski definition) is 2. The first-order valence-electron chi connectivity index (χ1n) is 12.1. The van der Waals surface area contributed by atoms with Crippen molar-refractivity contribution < 1.29 is 18.5 Å². The van der Waals surface area contributed by atoms with Crippen molar-refractivity contribution in [3.63, 3.8) is 0 Å². The Labute approximate surface area is 223 Å². The number of aromatic nitrogens is 4. The van der Waals surface area contributed by atoms with E-state index in [-0.39, 0.29) is 13.1 Å². The van der Waals surface area contributed by atoms with E-state index in [4.69, 9.17) is 18.5 Å². The largest absolute Gasteiger partial charge is 0.457 e. The van der Waals surface area contributed by atoms with E-state index in [1.165, 1.54) is 0 Å². The second-order valence-corrected chi connectivity index (χ2v) is 8.85. The second-order valence-electron chi connectivity index (χ2n) is 8.85. The van der Waals surface area contributed by atoms with Gasteiger partial charge in [-0.05, 0) is 70.4 Å². The van der Waals surface area contributed by atoms with Gasteiger partial charge in [-0.1, -0.05) is 36.4 Å². The molecule has 0 bridgehead atoms. The van der Waals surface area contributed by atoms with E-state index in [0.29, 0.717) is 23.0 Å². The van der Waals surface area contributed by atoms with Crippen molar-refractivity contribution in [1.29, 1.82) is 0 Å². The lowest BCUT2D eigenvalue weighted by Gasteiger charge is -2.10. The van der Waals surface area contributed by atoms with Crippen LogP contribution in [0.15, 0.2) is 113 Å². The maximum absolute atomic E-state index is 11.6. The molecule has 2 aromatic heterocycles. The zero-order valence-electron chi connectivity index (χ0n) is 20.7. The summed E-state index contributed by atoms with van der Waals surface area (Å²) in [5, 5.41) is 1.91. The molecule has 0 fully saturated rings. The van der Waals surface area contributed by atoms with Gasteiger partial charge < -0.3 is 18.5 Å². The van der Waals surface area contributed by atoms with Crippen molar-refractivity contribution in [3.8, 4) is 23.0 Å². The van der Waals surface area contributed by atoms with E-state index < -0.39 is 22.9 Å². The maximum Gasteiger partial charge on any atom is 0.440 e. The van der Waals surface area contributed by atoms with Gasteiger partial charge in [0.25, 0.3) is 0 Å². The van der Waals surface area contributed by atoms with Gasteiger partial charge in [-0.2, -0.15) is 0 Å². The van der Waals surface area contributed by atoms with Gasteiger partial charge in [0.05, 0.1) is 13.1 Å². The predicted octanol–water partition coefficient (Wildman–Crippen LogP) is 3.41. The summed E-state index contributed by atoms with van der Waals surface area (Å²) < 4.78 is 23.5. The molecule has 0 spiro atoms. The highest BCUT2D eigenvalue weighted by atomic mass is 16.5. The topological polar surface area (TPSA) is 154 Å². The monoisotopic (exact) mass is 540 g/mol. The minimum absolute atomic E-state index is 0.115. The van der Waals surface area contributed by atoms with Gasteiger partial charge in [0, 0.05) is 0 Å². The number of rotatable bonds is 8. The van der Waals surface area contributed by atoms with Crippen LogP contribution >= 0.6 is 0 Å². The molecule has 12 nitrogen and oxygen atoms in total. The van der Waals surface area contributed by atoms with Crippen molar-refractivity contribution >= 4 is 10.8 Å². The third-order valence-corrected chi connectivity index (χ3v) is 6.01. The number of ether oxygens (including phenoxy) is 2. The van der Waals surface area contributed by atoms with Crippen LogP contribution in [0.5, 0.6) is 23.0 Å². The summed E-state index contributed by atoms with van der Waals surface area (Å²) in [6.45, 7) is 0.231. The molecule has 6 rings (SSSR count). The molecule has 2 N–H and O–H groups in total. The molecule has 0 aliphatic carbocycles. The first kappa shape index (κ1) is 24.6. The van der Waals surface area contributed by atoms with Crippen molar-refractivity contribution in [2.45, 2.75) is 13.1 Å². The molecular formula is C28H20N4O8. The molecule has 4 aromatic carbocycles. The van der Waals surface area contributed by atoms with Crippen LogP contribution in [-0.4, -0.2) is 19.4 Å². The number of H-pyrrole nitrogens is 2. The average molecular weight is 540 g/mol. The number of aromatic amines is 2. The number of nitrogens with one attached hydrogen (secondary N) is 2. The maximum atomic E-state index is 11.6. The quantitative estimate of drug-likeness (QED) is 0.298. The number of nitrogens with zero attached hydrogens (tertiary/aromatic N) is 2. The molecular weight excluding hydrogens is 520 g/mol. The van der Waals surface area contributed by atoms with Crippen LogP contribution < -0.4 is 32.4 Å². The third kappa shape index (κ3) is 5.41. The molecule has 0 saturated carbocycles. The molecule has 0 atom stereocenters. The molecule has 0 aliphatic rings. The molecule has 0 unspecified atom stereocenters. The Hall–Kier alpha value is -5.78. The Bertz CT molecular complexity index is 1900. The molecule has 0 saturated heterocycles. The smallest absolute Gasteiger partial charge is 0.440 e. The van der Waals surface area contributed by atoms with E-state index in [1.54, 1.807) is 48.5 Å². The molecule has 0 radical (unpaired) electrons. The lowest BCUT2D eigenvalue weighted by atomic mass is 10.1. The first-order chi connectivity index (χ1) is 19.4. The zero-order valence-corrected chi connectivity index (χ0v) is 20.7. The summed E-state index contributed by atoms with van der Waals surface area (Å²) >= 11 is 0. The molecule has 2 heterocycles. The first-order valence-corrected chi connectivity index (χ1v) is 12.1. The average Bonchev–Trinajstić information content (AvgIpc) is 3.43. The summed E-state index contributed by atoms with van der Waals surface area (Å²) in [5.74, 6) is 0.849. The van der Waals surface area contributed by atoms with Crippen molar-refractivity contribution in [3.05, 3.63) is 138 Å². The number of hydrogen-bond acceptors (Lipinski definition) is 8. The SMILES string of the molecule is O=c1[nH]c(=O)n(Cc2ccc(Oc3ccc4ccc(Oc5ccc(Cn6oc(=O)[nH]c6=O)cc5)cc4c3)cc2)o1. The van der Waals surface area contributed by atoms with Crippen LogP contribution in [0, 0.1) is 0 Å². The summed E-state index contributed by atoms with van der Waals surface area (Å²) in [4.78, 5) is 49.6. The van der Waals surface area contributed by atoms with Gasteiger partial charge in [0.2, 0.25) is 0 Å². The summed E-state index contributed by atoms with van der Waals surface area (Å²) in [6.07, 6.45) is 0. The number of benzene rings is 4. The fourth-order valence-electron chi connectivity index (χ4n) is 4.10. The fraction of sp³-hybridized carbons (Fsp3) is 0.0714. The highest BCUT2D eigenvalue weighted by Gasteiger charge is 2.07. The van der Waals surface area contributed by atoms with E-state index in [1.807, 2.05) is 46.4 Å². The van der Waals surface area contributed by atoms with Gasteiger partial charge in [-0.25, -0.2) is 29.1 Å². The lowest BCUT2D eigenvalue weighted by Crippen LogP contribution is -2.17. The van der Waals surface area contributed by atoms with E-state index in [2.05, 4.69) is 0 Å². The fourth-order valence-corrected chi connectivity index (χ4v) is 4.10. The third-order valence-electron chi connectivity index (χ3n) is 6.01. The summed E-state index contributed by atoms with van der Waals surface area (Å²) in [7, 11) is 0. The van der Waals surface area contributed by atoms with Gasteiger partial charge in [-0.15, -0.1) is 9.48 Å². The molecule has 12 heteroatoms. The summed E-state index contributed by atoms with van der Waals surface area (Å²) in [5.41, 5.74) is 0.304. The molecule has 200 valence electrons. The van der Waals surface area contributed by atoms with Crippen LogP contribution in [-0.2, 0) is 13.1 Å². The Morgan fingerprint density at radius 1 is 0.525 bits per heavy atom. The van der Waals surface area contributed by atoms with Gasteiger partial charge in [-0.3, -0.25) is 0 Å². The zero-order chi connectivity index (χ0) is 27.6. The Morgan fingerprint density at radius 2 is 0.925 bits per heavy atom. The van der Waals surface area contributed by atoms with Crippen molar-refractivity contribution in [2.75, 3.05) is 0 Å². The number of fused-ring (bicyclic) bond motifs is 1. The Balaban J connectivity index is 1.13. The van der Waals surface area contributed by atoms with Gasteiger partial charge >= 0.3 is 22.9 Å². The lowest BCUT2D eigenvalue weighted by molar-refractivity contribution is 0.258. The second kappa shape index (κ2) is 10.2. The molecule has 40 heavy (non-hydrogen) atoms. The van der Waals surface area contributed by atoms with Crippen LogP contribution in [0.2, 0.25) is 0 Å². The van der Waals surface area contributed by atoms with Crippen LogP contribution in [0.4, 0.5) is 0 Å². The van der Waals surface area contributed by atoms with Crippen LogP contribution in [0.25, 0.3) is 10.8 Å². The Kier molecular flexibility index (Phi) is 6.24.